The molecule has 80 heavy (non-hydrogen) atoms. The second-order valence-corrected chi connectivity index (χ2v) is 24.3. The number of carbonyl (C=O) groups excluding carboxylic acids is 5. The summed E-state index contributed by atoms with van der Waals surface area (Å²) in [6.45, 7) is 22.5. The van der Waals surface area contributed by atoms with Gasteiger partial charge in [0.2, 0.25) is 0 Å². The average molecular weight is 1110 g/mol. The minimum Gasteiger partial charge on any atom is -0.478 e. The Morgan fingerprint density at radius 3 is 2.06 bits per heavy atom. The number of carboxylic acid groups (broad SMARTS) is 1. The van der Waals surface area contributed by atoms with Crippen LogP contribution >= 0.6 is 0 Å². The van der Waals surface area contributed by atoms with Gasteiger partial charge in [-0.3, -0.25) is 9.59 Å². The number of aliphatic hydroxyl groups is 4. The number of fused-ring (bicyclic) bond motifs is 5. The monoisotopic (exact) mass is 1110 g/mol. The number of nitrogens with one attached hydrogen (secondary N) is 1. The van der Waals surface area contributed by atoms with Crippen molar-refractivity contribution in [3.8, 4) is 0 Å². The molecule has 5 aliphatic rings. The summed E-state index contributed by atoms with van der Waals surface area (Å²) in [7, 11) is 0. The molecule has 2 bridgehead atoms. The second kappa shape index (κ2) is 24.3. The minimum absolute atomic E-state index is 0.0637. The Morgan fingerprint density at radius 1 is 0.875 bits per heavy atom. The highest BCUT2D eigenvalue weighted by Gasteiger charge is 2.78. The third kappa shape index (κ3) is 13.0. The Balaban J connectivity index is 0.000000394. The van der Waals surface area contributed by atoms with E-state index in [9.17, 15) is 49.2 Å². The van der Waals surface area contributed by atoms with Crippen LogP contribution < -0.4 is 5.32 Å². The minimum atomic E-state index is -2.35. The van der Waals surface area contributed by atoms with Crippen LogP contribution in [-0.4, -0.2) is 121 Å². The van der Waals surface area contributed by atoms with Crippen molar-refractivity contribution in [3.63, 3.8) is 0 Å². The lowest BCUT2D eigenvalue weighted by Gasteiger charge is -2.67. The molecule has 7 rings (SSSR count). The number of hydrogen-bond donors (Lipinski definition) is 6. The fourth-order valence-corrected chi connectivity index (χ4v) is 12.4. The molecular weight excluding hydrogens is 1030 g/mol. The lowest BCUT2D eigenvalue weighted by atomic mass is 9.44. The number of carboxylic acids is 1. The molecule has 1 heterocycles. The molecule has 1 unspecified atom stereocenters. The summed E-state index contributed by atoms with van der Waals surface area (Å²) >= 11 is 0. The van der Waals surface area contributed by atoms with Gasteiger partial charge in [-0.15, -0.1) is 0 Å². The summed E-state index contributed by atoms with van der Waals surface area (Å²) in [5.74, 6) is -6.28. The van der Waals surface area contributed by atoms with Crippen molar-refractivity contribution in [1.82, 2.24) is 5.32 Å². The summed E-state index contributed by atoms with van der Waals surface area (Å²) in [5, 5.41) is 60.2. The van der Waals surface area contributed by atoms with Crippen LogP contribution in [0.4, 0.5) is 4.79 Å². The maximum absolute atomic E-state index is 14.9. The zero-order chi connectivity index (χ0) is 59.5. The largest absolute Gasteiger partial charge is 0.478 e. The van der Waals surface area contributed by atoms with Crippen LogP contribution in [0.15, 0.2) is 131 Å². The highest BCUT2D eigenvalue weighted by atomic mass is 16.6. The third-order valence-corrected chi connectivity index (χ3v) is 16.7. The maximum atomic E-state index is 14.9. The van der Waals surface area contributed by atoms with Crippen molar-refractivity contribution in [1.29, 1.82) is 0 Å². The topological polar surface area (TPSA) is 262 Å². The fraction of sp³-hybridized carbons (Fsp3) is 0.524. The van der Waals surface area contributed by atoms with E-state index >= 15 is 0 Å². The molecule has 17 heteroatoms. The Bertz CT molecular complexity index is 2870. The number of alkyl carbamates (subject to hydrolysis) is 1. The number of rotatable bonds is 13. The van der Waals surface area contributed by atoms with E-state index in [2.05, 4.69) is 45.2 Å². The van der Waals surface area contributed by atoms with Gasteiger partial charge < -0.3 is 54.5 Å². The number of carbonyl (C=O) groups is 6. The number of allylic oxidation sites excluding steroid dienone is 9. The molecule has 0 aromatic heterocycles. The smallest absolute Gasteiger partial charge is 0.408 e. The van der Waals surface area contributed by atoms with Crippen molar-refractivity contribution in [3.05, 3.63) is 142 Å². The van der Waals surface area contributed by atoms with E-state index in [4.69, 9.17) is 28.8 Å². The van der Waals surface area contributed by atoms with E-state index in [-0.39, 0.29) is 35.2 Å². The number of esters is 3. The van der Waals surface area contributed by atoms with E-state index in [0.717, 1.165) is 18.1 Å². The van der Waals surface area contributed by atoms with Gasteiger partial charge in [0.05, 0.1) is 35.6 Å². The third-order valence-electron chi connectivity index (χ3n) is 16.7. The molecule has 0 radical (unpaired) electrons. The Labute approximate surface area is 469 Å². The van der Waals surface area contributed by atoms with Gasteiger partial charge in [-0.25, -0.2) is 19.2 Å². The molecule has 11 atom stereocenters. The molecular formula is C63H81NO16. The molecule has 0 spiro atoms. The lowest BCUT2D eigenvalue weighted by molar-refractivity contribution is -0.346. The molecule has 1 amide bonds. The van der Waals surface area contributed by atoms with Gasteiger partial charge in [-0.1, -0.05) is 118 Å². The molecule has 2 aromatic carbocycles. The van der Waals surface area contributed by atoms with Gasteiger partial charge in [0.25, 0.3) is 0 Å². The number of benzene rings is 2. The summed E-state index contributed by atoms with van der Waals surface area (Å²) in [6, 6.07) is 14.6. The van der Waals surface area contributed by atoms with Gasteiger partial charge in [0.15, 0.2) is 17.5 Å². The van der Waals surface area contributed by atoms with Gasteiger partial charge >= 0.3 is 30.0 Å². The first-order valence-corrected chi connectivity index (χ1v) is 27.2. The molecule has 3 fully saturated rings. The number of amides is 1. The first-order valence-electron chi connectivity index (χ1n) is 27.2. The van der Waals surface area contributed by atoms with Gasteiger partial charge in [0.1, 0.15) is 35.6 Å². The normalized spacial score (nSPS) is 30.0. The fourth-order valence-electron chi connectivity index (χ4n) is 12.4. The number of aliphatic hydroxyl groups excluding tert-OH is 3. The molecule has 4 aliphatic carbocycles. The first-order chi connectivity index (χ1) is 37.2. The van der Waals surface area contributed by atoms with Gasteiger partial charge in [0, 0.05) is 31.3 Å². The molecule has 1 saturated heterocycles. The maximum Gasteiger partial charge on any atom is 0.408 e. The van der Waals surface area contributed by atoms with Crippen LogP contribution in [0, 0.1) is 22.2 Å². The van der Waals surface area contributed by atoms with Crippen LogP contribution in [0.1, 0.15) is 144 Å². The van der Waals surface area contributed by atoms with Crippen LogP contribution in [0.5, 0.6) is 0 Å². The SMILES string of the molecule is CC(=O)O[C@@]12CO[C@@H]1C[C@H](O)[C@@]1(C)C(=O)[C@H](O)C3=C(C)[C@@H](OC(=O)C(O)[C@@H](NC(=O)OC(C)(C)C)c4ccccc4)C[C@@](O)([C@@H](OC(=O)c4ccccc4)[C@H]21)C3(C)C.CC1=C(/C=C/C(C)=C\C=C\C(C)=C\C(=O)O)C(C)(C)CCC1. The van der Waals surface area contributed by atoms with Crippen LogP contribution in [0.3, 0.4) is 0 Å². The molecule has 6 N–H and O–H groups in total. The highest BCUT2D eigenvalue weighted by molar-refractivity contribution is 5.94. The van der Waals surface area contributed by atoms with E-state index in [0.29, 0.717) is 5.56 Å². The zero-order valence-corrected chi connectivity index (χ0v) is 48.3. The van der Waals surface area contributed by atoms with Crippen molar-refractivity contribution < 1.29 is 78.0 Å². The summed E-state index contributed by atoms with van der Waals surface area (Å²) in [4.78, 5) is 79.4. The number of aliphatic carboxylic acids is 1. The molecule has 17 nitrogen and oxygen atoms in total. The van der Waals surface area contributed by atoms with E-state index in [1.807, 2.05) is 12.2 Å². The predicted molar refractivity (Wildman–Crippen MR) is 297 cm³/mol. The summed E-state index contributed by atoms with van der Waals surface area (Å²) in [5.41, 5.74) is -3.04. The quantitative estimate of drug-likeness (QED) is 0.0360. The van der Waals surface area contributed by atoms with Gasteiger partial charge in [-0.05, 0) is 120 Å². The number of hydrogen-bond acceptors (Lipinski definition) is 15. The molecule has 434 valence electrons. The summed E-state index contributed by atoms with van der Waals surface area (Å²) in [6.07, 6.45) is 3.53. The summed E-state index contributed by atoms with van der Waals surface area (Å²) < 4.78 is 29.5. The van der Waals surface area contributed by atoms with E-state index in [1.165, 1.54) is 62.5 Å². The molecule has 2 saturated carbocycles. The van der Waals surface area contributed by atoms with Crippen molar-refractivity contribution in [2.24, 2.45) is 22.2 Å². The Hall–Kier alpha value is -6.50. The van der Waals surface area contributed by atoms with E-state index in [1.54, 1.807) is 96.1 Å². The lowest BCUT2D eigenvalue weighted by Crippen LogP contribution is -2.81. The molecule has 2 aromatic rings. The number of ketones is 1. The number of ether oxygens (including phenoxy) is 5. The van der Waals surface area contributed by atoms with Crippen molar-refractivity contribution >= 4 is 35.8 Å². The van der Waals surface area contributed by atoms with Gasteiger partial charge in [-0.2, -0.15) is 0 Å². The van der Waals surface area contributed by atoms with E-state index < -0.39 is 118 Å². The first kappa shape index (κ1) is 62.7. The second-order valence-electron chi connectivity index (χ2n) is 24.3. The van der Waals surface area contributed by atoms with Crippen molar-refractivity contribution in [2.75, 3.05) is 6.61 Å². The molecule has 1 aliphatic heterocycles. The zero-order valence-electron chi connectivity index (χ0n) is 48.3. The van der Waals surface area contributed by atoms with Crippen molar-refractivity contribution in [2.45, 2.75) is 182 Å². The predicted octanol–water partition coefficient (Wildman–Crippen LogP) is 8.86. The van der Waals surface area contributed by atoms with Crippen LogP contribution in [0.2, 0.25) is 0 Å². The van der Waals surface area contributed by atoms with Crippen LogP contribution in [-0.2, 0) is 42.9 Å². The number of Topliss-reactive ketones (excluding diaryl/α,β-unsaturated/α-hetero) is 1. The Morgan fingerprint density at radius 2 is 1.50 bits per heavy atom. The Kier molecular flexibility index (Phi) is 19.0. The average Bonchev–Trinajstić information content (AvgIpc) is 3.36. The standard InChI is InChI=1S/C43H53NO14.C20H28O2/c1-22-26(55-37(51)32(48)30(24-15-11-9-12-16-24)44-38(52)58-39(3,4)5)20-43(53)35(56-36(50)25-17-13-10-14-18-25)33-41(8,34(49)31(47)29(22)40(43,6)7)27(46)19-28-42(33,21-54-28)57-23(2)45;1-15(8-6-9-16(2)14-19(21)22)11-12-18-17(3)10-7-13-20(18,4)5/h9-18,26-28,30-33,35,46-48,53H,19-21H2,1-8H3,(H,44,52);6,8-9,11-12,14H,7,10,13H2,1-5H3,(H,21,22)/b;9-6+,12-11+,15-8-,16-14+/t26-,27-,28+,30-,31+,32?,33-,35-,41+,42-,43+;/m0./s1. The highest BCUT2D eigenvalue weighted by Crippen LogP contribution is 2.64. The van der Waals surface area contributed by atoms with Crippen LogP contribution in [0.25, 0.3) is 0 Å².